The molecule has 6 unspecified atom stereocenters. The molecule has 1 aliphatic heterocycles. The van der Waals surface area contributed by atoms with E-state index < -0.39 is 0 Å². The van der Waals surface area contributed by atoms with Gasteiger partial charge in [-0.2, -0.15) is 0 Å². The summed E-state index contributed by atoms with van der Waals surface area (Å²) < 4.78 is 5.72. The van der Waals surface area contributed by atoms with E-state index in [1.807, 2.05) is 13.8 Å². The summed E-state index contributed by atoms with van der Waals surface area (Å²) in [5.74, 6) is 1.16. The molecule has 2 fully saturated rings. The van der Waals surface area contributed by atoms with Gasteiger partial charge in [0, 0.05) is 13.2 Å². The highest BCUT2D eigenvalue weighted by Gasteiger charge is 2.41. The Bertz CT molecular complexity index is 321. The van der Waals surface area contributed by atoms with Crippen LogP contribution >= 0.6 is 0 Å². The van der Waals surface area contributed by atoms with Crippen molar-refractivity contribution in [3.05, 3.63) is 0 Å². The van der Waals surface area contributed by atoms with Crippen LogP contribution in [0.5, 0.6) is 0 Å². The summed E-state index contributed by atoms with van der Waals surface area (Å²) in [6.07, 6.45) is 3.54. The summed E-state index contributed by atoms with van der Waals surface area (Å²) in [5, 5.41) is 12.4. The van der Waals surface area contributed by atoms with Crippen LogP contribution in [0.4, 0.5) is 0 Å². The van der Waals surface area contributed by atoms with Crippen LogP contribution in [-0.2, 0) is 9.53 Å². The number of nitrogens with one attached hydrogen (secondary N) is 1. The number of ether oxygens (including phenoxy) is 1. The zero-order valence-electron chi connectivity index (χ0n) is 12.3. The van der Waals surface area contributed by atoms with Gasteiger partial charge in [0.15, 0.2) is 0 Å². The molecule has 4 nitrogen and oxygen atoms in total. The summed E-state index contributed by atoms with van der Waals surface area (Å²) in [5.41, 5.74) is 0. The van der Waals surface area contributed by atoms with Crippen molar-refractivity contribution in [2.45, 2.75) is 52.2 Å². The van der Waals surface area contributed by atoms with Crippen LogP contribution in [0.25, 0.3) is 0 Å². The molecule has 1 saturated carbocycles. The van der Waals surface area contributed by atoms with Gasteiger partial charge in [0.05, 0.1) is 18.1 Å². The maximum atomic E-state index is 12.3. The van der Waals surface area contributed by atoms with E-state index in [2.05, 4.69) is 12.2 Å². The minimum Gasteiger partial charge on any atom is -0.396 e. The molecule has 6 atom stereocenters. The number of rotatable bonds is 4. The first-order valence-electron chi connectivity index (χ1n) is 7.58. The molecule has 0 aromatic heterocycles. The van der Waals surface area contributed by atoms with Gasteiger partial charge in [-0.05, 0) is 44.4 Å². The Kier molecular flexibility index (Phi) is 4.85. The SMILES string of the molecule is CC1OC(C)C(C(=O)NCC2CCCC2CO)C1C. The van der Waals surface area contributed by atoms with E-state index in [-0.39, 0.29) is 36.6 Å². The third-order valence-electron chi connectivity index (χ3n) is 5.13. The number of carbonyl (C=O) groups excluding carboxylic acids is 1. The third-order valence-corrected chi connectivity index (χ3v) is 5.13. The van der Waals surface area contributed by atoms with Gasteiger partial charge in [-0.25, -0.2) is 0 Å². The van der Waals surface area contributed by atoms with E-state index in [1.54, 1.807) is 0 Å². The summed E-state index contributed by atoms with van der Waals surface area (Å²) in [6.45, 7) is 7.05. The Hall–Kier alpha value is -0.610. The highest BCUT2D eigenvalue weighted by molar-refractivity contribution is 5.79. The standard InChI is InChI=1S/C15H27NO3/c1-9-10(2)19-11(3)14(9)15(18)16-7-12-5-4-6-13(12)8-17/h9-14,17H,4-8H2,1-3H3,(H,16,18). The second kappa shape index (κ2) is 6.23. The average molecular weight is 269 g/mol. The summed E-state index contributed by atoms with van der Waals surface area (Å²) >= 11 is 0. The molecule has 1 heterocycles. The largest absolute Gasteiger partial charge is 0.396 e. The summed E-state index contributed by atoms with van der Waals surface area (Å²) in [6, 6.07) is 0. The number of hydrogen-bond donors (Lipinski definition) is 2. The number of aliphatic hydroxyl groups is 1. The van der Waals surface area contributed by atoms with Gasteiger partial charge in [-0.1, -0.05) is 13.3 Å². The van der Waals surface area contributed by atoms with Crippen LogP contribution in [0.3, 0.4) is 0 Å². The lowest BCUT2D eigenvalue weighted by atomic mass is 9.88. The van der Waals surface area contributed by atoms with Crippen LogP contribution in [0, 0.1) is 23.7 Å². The fourth-order valence-electron chi connectivity index (χ4n) is 3.69. The summed E-state index contributed by atoms with van der Waals surface area (Å²) in [7, 11) is 0. The molecular formula is C15H27NO3. The van der Waals surface area contributed by atoms with E-state index in [4.69, 9.17) is 4.74 Å². The minimum absolute atomic E-state index is 0.00205. The molecule has 0 bridgehead atoms. The van der Waals surface area contributed by atoms with Crippen LogP contribution in [0.1, 0.15) is 40.0 Å². The van der Waals surface area contributed by atoms with Crippen LogP contribution in [0.15, 0.2) is 0 Å². The zero-order chi connectivity index (χ0) is 14.0. The first-order chi connectivity index (χ1) is 9.04. The molecule has 0 aromatic carbocycles. The van der Waals surface area contributed by atoms with Crippen LogP contribution in [0.2, 0.25) is 0 Å². The van der Waals surface area contributed by atoms with Crippen molar-refractivity contribution in [1.82, 2.24) is 5.32 Å². The highest BCUT2D eigenvalue weighted by atomic mass is 16.5. The minimum atomic E-state index is -0.0380. The van der Waals surface area contributed by atoms with Gasteiger partial charge in [0.25, 0.3) is 0 Å². The normalized spacial score (nSPS) is 42.5. The predicted octanol–water partition coefficient (Wildman–Crippen LogP) is 1.57. The molecule has 0 spiro atoms. The van der Waals surface area contributed by atoms with E-state index in [0.29, 0.717) is 18.4 Å². The fraction of sp³-hybridized carbons (Fsp3) is 0.933. The van der Waals surface area contributed by atoms with E-state index in [9.17, 15) is 9.90 Å². The van der Waals surface area contributed by atoms with Crippen molar-refractivity contribution < 1.29 is 14.6 Å². The topological polar surface area (TPSA) is 58.6 Å². The number of carbonyl (C=O) groups is 1. The highest BCUT2D eigenvalue weighted by Crippen LogP contribution is 2.33. The summed E-state index contributed by atoms with van der Waals surface area (Å²) in [4.78, 5) is 12.3. The zero-order valence-corrected chi connectivity index (χ0v) is 12.3. The van der Waals surface area contributed by atoms with Crippen molar-refractivity contribution in [3.63, 3.8) is 0 Å². The molecule has 2 aliphatic rings. The van der Waals surface area contributed by atoms with Crippen molar-refractivity contribution in [2.24, 2.45) is 23.7 Å². The molecule has 1 aliphatic carbocycles. The smallest absolute Gasteiger partial charge is 0.226 e. The molecular weight excluding hydrogens is 242 g/mol. The predicted molar refractivity (Wildman–Crippen MR) is 73.6 cm³/mol. The van der Waals surface area contributed by atoms with Crippen molar-refractivity contribution >= 4 is 5.91 Å². The van der Waals surface area contributed by atoms with Gasteiger partial charge < -0.3 is 15.2 Å². The second-order valence-corrected chi connectivity index (χ2v) is 6.31. The Morgan fingerprint density at radius 1 is 1.21 bits per heavy atom. The van der Waals surface area contributed by atoms with E-state index in [1.165, 1.54) is 6.42 Å². The average Bonchev–Trinajstić information content (AvgIpc) is 2.92. The molecule has 0 aromatic rings. The molecule has 19 heavy (non-hydrogen) atoms. The van der Waals surface area contributed by atoms with Crippen molar-refractivity contribution in [3.8, 4) is 0 Å². The molecule has 110 valence electrons. The van der Waals surface area contributed by atoms with Gasteiger partial charge in [-0.3, -0.25) is 4.79 Å². The lowest BCUT2D eigenvalue weighted by molar-refractivity contribution is -0.127. The molecule has 4 heteroatoms. The van der Waals surface area contributed by atoms with Crippen LogP contribution in [-0.4, -0.2) is 36.4 Å². The number of aliphatic hydroxyl groups excluding tert-OH is 1. The fourth-order valence-corrected chi connectivity index (χ4v) is 3.69. The lowest BCUT2D eigenvalue weighted by Gasteiger charge is -2.22. The van der Waals surface area contributed by atoms with Crippen molar-refractivity contribution in [2.75, 3.05) is 13.2 Å². The van der Waals surface area contributed by atoms with Gasteiger partial charge in [0.1, 0.15) is 0 Å². The van der Waals surface area contributed by atoms with Crippen molar-refractivity contribution in [1.29, 1.82) is 0 Å². The van der Waals surface area contributed by atoms with Crippen LogP contribution < -0.4 is 5.32 Å². The molecule has 0 radical (unpaired) electrons. The first-order valence-corrected chi connectivity index (χ1v) is 7.58. The molecule has 1 amide bonds. The maximum Gasteiger partial charge on any atom is 0.226 e. The number of amides is 1. The Balaban J connectivity index is 1.84. The quantitative estimate of drug-likeness (QED) is 0.814. The van der Waals surface area contributed by atoms with Gasteiger partial charge in [0.2, 0.25) is 5.91 Å². The Labute approximate surface area is 115 Å². The third kappa shape index (κ3) is 3.11. The van der Waals surface area contributed by atoms with E-state index in [0.717, 1.165) is 12.8 Å². The lowest BCUT2D eigenvalue weighted by Crippen LogP contribution is -2.40. The van der Waals surface area contributed by atoms with Gasteiger partial charge >= 0.3 is 0 Å². The first kappa shape index (κ1) is 14.8. The Morgan fingerprint density at radius 3 is 2.47 bits per heavy atom. The molecule has 2 rings (SSSR count). The van der Waals surface area contributed by atoms with Gasteiger partial charge in [-0.15, -0.1) is 0 Å². The molecule has 2 N–H and O–H groups in total. The second-order valence-electron chi connectivity index (χ2n) is 6.31. The maximum absolute atomic E-state index is 12.3. The van der Waals surface area contributed by atoms with E-state index >= 15 is 0 Å². The Morgan fingerprint density at radius 2 is 1.89 bits per heavy atom. The molecule has 1 saturated heterocycles. The number of hydrogen-bond acceptors (Lipinski definition) is 3. The monoisotopic (exact) mass is 269 g/mol.